The zero-order valence-corrected chi connectivity index (χ0v) is 30.4. The van der Waals surface area contributed by atoms with Crippen molar-refractivity contribution in [2.24, 2.45) is 0 Å². The van der Waals surface area contributed by atoms with Gasteiger partial charge in [0.1, 0.15) is 0 Å². The molecule has 0 aliphatic heterocycles. The van der Waals surface area contributed by atoms with E-state index in [4.69, 9.17) is 25.6 Å². The Hall–Kier alpha value is -3.16. The summed E-state index contributed by atoms with van der Waals surface area (Å²) in [7, 11) is 0. The van der Waals surface area contributed by atoms with Crippen LogP contribution in [0.2, 0.25) is 0 Å². The van der Waals surface area contributed by atoms with Gasteiger partial charge in [0.25, 0.3) is 16.8 Å². The van der Waals surface area contributed by atoms with Gasteiger partial charge in [0.05, 0.1) is 16.8 Å². The number of Topliss-reactive ketones (excluding diaryl/α,β-unsaturated/α-hetero) is 6. The number of ether oxygens (including phenoxy) is 3. The third-order valence-corrected chi connectivity index (χ3v) is 7.04. The van der Waals surface area contributed by atoms with Gasteiger partial charge in [-0.2, -0.15) is 0 Å². The van der Waals surface area contributed by atoms with Crippen molar-refractivity contribution in [3.63, 3.8) is 0 Å². The second-order valence-corrected chi connectivity index (χ2v) is 14.8. The molecule has 0 heterocycles. The lowest BCUT2D eigenvalue weighted by atomic mass is 9.93. The van der Waals surface area contributed by atoms with Gasteiger partial charge < -0.3 is 25.6 Å². The van der Waals surface area contributed by atoms with E-state index in [1.54, 1.807) is 0 Å². The Kier molecular flexibility index (Phi) is 13.7. The number of hydrogen-bond donors (Lipinski definition) is 0. The van der Waals surface area contributed by atoms with Crippen molar-refractivity contribution in [2.45, 2.75) is 137 Å². The maximum Gasteiger partial charge on any atom is 1.20 e. The van der Waals surface area contributed by atoms with E-state index >= 15 is 0 Å². The van der Waals surface area contributed by atoms with Crippen molar-refractivity contribution in [3.8, 4) is 0 Å². The first-order valence-corrected chi connectivity index (χ1v) is 15.5. The first-order chi connectivity index (χ1) is 20.3. The number of carbonyl (C=O) groups is 9. The van der Waals surface area contributed by atoms with Gasteiger partial charge in [0.15, 0.2) is 34.7 Å². The SMILES string of the molecule is CC(=O)C(OC(C)(C)C)(C(C)=O)C(=O)[O][Al]([O]C(=O)C(OC(C)(C)C)(C(C)=O)C(C)=O)[O]C(=O)C(OC(C)(C)C)(C(C)=O)C(C)=O. The van der Waals surface area contributed by atoms with Crippen molar-refractivity contribution in [2.75, 3.05) is 0 Å². The zero-order valence-electron chi connectivity index (χ0n) is 29.2. The molecule has 0 fully saturated rings. The Balaban J connectivity index is 7.49. The highest BCUT2D eigenvalue weighted by Crippen LogP contribution is 2.29. The highest BCUT2D eigenvalue weighted by atomic mass is 27.3. The van der Waals surface area contributed by atoms with Crippen LogP contribution in [0.25, 0.3) is 0 Å². The molecule has 0 aromatic carbocycles. The first kappa shape index (κ1) is 42.8. The lowest BCUT2D eigenvalue weighted by Gasteiger charge is -2.36. The summed E-state index contributed by atoms with van der Waals surface area (Å²) in [5.41, 5.74) is -12.9. The molecule has 15 nitrogen and oxygen atoms in total. The Labute approximate surface area is 273 Å². The van der Waals surface area contributed by atoms with Crippen LogP contribution < -0.4 is 0 Å². The summed E-state index contributed by atoms with van der Waals surface area (Å²) in [5, 5.41) is 0. The minimum Gasteiger partial charge on any atom is -0.548 e. The number of hydrogen-bond acceptors (Lipinski definition) is 15. The van der Waals surface area contributed by atoms with Gasteiger partial charge in [0.2, 0.25) is 0 Å². The molecule has 0 unspecified atom stereocenters. The summed E-state index contributed by atoms with van der Waals surface area (Å²) >= 11 is -4.86. The van der Waals surface area contributed by atoms with Crippen molar-refractivity contribution in [1.82, 2.24) is 0 Å². The van der Waals surface area contributed by atoms with E-state index in [0.29, 0.717) is 0 Å². The smallest absolute Gasteiger partial charge is 0.548 e. The van der Waals surface area contributed by atoms with Crippen molar-refractivity contribution < 1.29 is 68.7 Å². The fraction of sp³-hybridized carbons (Fsp3) is 0.700. The predicted molar refractivity (Wildman–Crippen MR) is 159 cm³/mol. The lowest BCUT2D eigenvalue weighted by molar-refractivity contribution is -0.195. The van der Waals surface area contributed by atoms with Crippen LogP contribution in [0, 0.1) is 0 Å². The molecule has 0 saturated heterocycles. The van der Waals surface area contributed by atoms with Crippen molar-refractivity contribution in [3.05, 3.63) is 0 Å². The van der Waals surface area contributed by atoms with Crippen LogP contribution in [-0.4, -0.2) is 101 Å². The van der Waals surface area contributed by atoms with E-state index < -0.39 is 101 Å². The monoisotopic (exact) mass is 672 g/mol. The quantitative estimate of drug-likeness (QED) is 0.179. The molecule has 0 rings (SSSR count). The topological polar surface area (TPSA) is 209 Å². The summed E-state index contributed by atoms with van der Waals surface area (Å²) in [6, 6.07) is 0. The normalized spacial score (nSPS) is 12.8. The van der Waals surface area contributed by atoms with Crippen LogP contribution in [0.15, 0.2) is 0 Å². The van der Waals surface area contributed by atoms with Gasteiger partial charge in [-0.15, -0.1) is 0 Å². The van der Waals surface area contributed by atoms with Crippen LogP contribution in [0.3, 0.4) is 0 Å². The summed E-state index contributed by atoms with van der Waals surface area (Å²) in [6.07, 6.45) is 0. The largest absolute Gasteiger partial charge is 1.20 e. The van der Waals surface area contributed by atoms with E-state index in [9.17, 15) is 43.2 Å². The maximum absolute atomic E-state index is 13.6. The van der Waals surface area contributed by atoms with E-state index in [-0.39, 0.29) is 0 Å². The van der Waals surface area contributed by atoms with Crippen molar-refractivity contribution >= 4 is 67.8 Å². The molecule has 0 aromatic heterocycles. The lowest BCUT2D eigenvalue weighted by Crippen LogP contribution is -2.63. The molecule has 0 atom stereocenters. The molecule has 0 aliphatic rings. The highest BCUT2D eigenvalue weighted by molar-refractivity contribution is 6.48. The molecule has 16 heteroatoms. The van der Waals surface area contributed by atoms with E-state index in [0.717, 1.165) is 41.5 Å². The second-order valence-electron chi connectivity index (χ2n) is 13.5. The molecule has 0 amide bonds. The average molecular weight is 673 g/mol. The molecule has 0 saturated carbocycles. The molecule has 0 spiro atoms. The van der Waals surface area contributed by atoms with E-state index in [1.807, 2.05) is 0 Å². The molecule has 0 bridgehead atoms. The van der Waals surface area contributed by atoms with Gasteiger partial charge in [-0.1, -0.05) is 0 Å². The van der Waals surface area contributed by atoms with E-state index in [1.165, 1.54) is 62.3 Å². The third kappa shape index (κ3) is 9.92. The molecule has 0 radical (unpaired) electrons. The zero-order chi connectivity index (χ0) is 37.0. The number of ketones is 6. The van der Waals surface area contributed by atoms with Gasteiger partial charge in [-0.3, -0.25) is 43.2 Å². The van der Waals surface area contributed by atoms with Crippen LogP contribution in [0.5, 0.6) is 0 Å². The van der Waals surface area contributed by atoms with Gasteiger partial charge >= 0.3 is 33.1 Å². The first-order valence-electron chi connectivity index (χ1n) is 14.1. The second kappa shape index (κ2) is 14.7. The average Bonchev–Trinajstić information content (AvgIpc) is 2.80. The Morgan fingerprint density at radius 3 is 0.609 bits per heavy atom. The van der Waals surface area contributed by atoms with Gasteiger partial charge in [-0.25, -0.2) is 0 Å². The summed E-state index contributed by atoms with van der Waals surface area (Å²) in [4.78, 5) is 118. The van der Waals surface area contributed by atoms with E-state index in [2.05, 4.69) is 0 Å². The molecule has 0 aromatic rings. The summed E-state index contributed by atoms with van der Waals surface area (Å²) in [5.74, 6) is -12.4. The molecular formula is C30H45AlO15. The fourth-order valence-electron chi connectivity index (χ4n) is 4.12. The Morgan fingerprint density at radius 1 is 0.348 bits per heavy atom. The number of carbonyl (C=O) groups excluding carboxylic acids is 9. The predicted octanol–water partition coefficient (Wildman–Crippen LogP) is 1.80. The minimum atomic E-state index is -4.86. The molecule has 0 aliphatic carbocycles. The number of rotatable bonds is 15. The van der Waals surface area contributed by atoms with Crippen molar-refractivity contribution in [1.29, 1.82) is 0 Å². The highest BCUT2D eigenvalue weighted by Gasteiger charge is 2.65. The van der Waals surface area contributed by atoms with Gasteiger partial charge in [0, 0.05) is 0 Å². The van der Waals surface area contributed by atoms with Crippen LogP contribution >= 0.6 is 0 Å². The molecular weight excluding hydrogens is 627 g/mol. The van der Waals surface area contributed by atoms with Crippen LogP contribution in [0.1, 0.15) is 104 Å². The summed E-state index contributed by atoms with van der Waals surface area (Å²) < 4.78 is 32.2. The maximum atomic E-state index is 13.6. The third-order valence-electron chi connectivity index (χ3n) is 5.82. The fourth-order valence-corrected chi connectivity index (χ4v) is 5.29. The molecule has 0 N–H and O–H groups in total. The Bertz CT molecular complexity index is 1090. The Morgan fingerprint density at radius 2 is 0.500 bits per heavy atom. The van der Waals surface area contributed by atoms with Crippen LogP contribution in [-0.2, 0) is 68.7 Å². The summed E-state index contributed by atoms with van der Waals surface area (Å²) in [6.45, 7) is 17.7. The molecule has 258 valence electrons. The molecule has 46 heavy (non-hydrogen) atoms. The van der Waals surface area contributed by atoms with Gasteiger partial charge in [-0.05, 0) is 104 Å². The van der Waals surface area contributed by atoms with Crippen LogP contribution in [0.4, 0.5) is 0 Å². The minimum absolute atomic E-state index is 0.838. The standard InChI is InChI=1S/3C10H16O5.Al/c3*1-6(11)10(7(2)12,8(13)14)15-9(3,4)5;/h3*1-5H3,(H,13,14);/q;;;+3/p-3.